The van der Waals surface area contributed by atoms with Crippen molar-refractivity contribution in [3.05, 3.63) is 24.0 Å². The summed E-state index contributed by atoms with van der Waals surface area (Å²) in [4.78, 5) is 6.70. The fourth-order valence-corrected chi connectivity index (χ4v) is 2.04. The van der Waals surface area contributed by atoms with Crippen molar-refractivity contribution in [2.75, 3.05) is 25.4 Å². The molecule has 0 radical (unpaired) electrons. The highest BCUT2D eigenvalue weighted by atomic mass is 16.5. The Labute approximate surface area is 96.4 Å². The van der Waals surface area contributed by atoms with Gasteiger partial charge in [0.25, 0.3) is 0 Å². The van der Waals surface area contributed by atoms with Crippen LogP contribution in [0.5, 0.6) is 0 Å². The maximum absolute atomic E-state index is 5.74. The molecule has 2 rings (SSSR count). The second-order valence-corrected chi connectivity index (χ2v) is 4.35. The van der Waals surface area contributed by atoms with Crippen LogP contribution in [-0.2, 0) is 11.3 Å². The van der Waals surface area contributed by atoms with Crippen LogP contribution < -0.4 is 5.73 Å². The molecule has 0 aliphatic carbocycles. The van der Waals surface area contributed by atoms with Crippen molar-refractivity contribution in [2.45, 2.75) is 26.0 Å². The van der Waals surface area contributed by atoms with Gasteiger partial charge in [-0.3, -0.25) is 9.88 Å². The lowest BCUT2D eigenvalue weighted by Crippen LogP contribution is -2.30. The monoisotopic (exact) mass is 221 g/mol. The van der Waals surface area contributed by atoms with Gasteiger partial charge in [0.2, 0.25) is 0 Å². The number of hydrogen-bond acceptors (Lipinski definition) is 4. The molecule has 0 spiro atoms. The van der Waals surface area contributed by atoms with E-state index in [1.807, 2.05) is 12.1 Å². The lowest BCUT2D eigenvalue weighted by atomic mass is 10.2. The zero-order chi connectivity index (χ0) is 11.4. The second kappa shape index (κ2) is 5.27. The third-order valence-electron chi connectivity index (χ3n) is 2.76. The van der Waals surface area contributed by atoms with Gasteiger partial charge in [0, 0.05) is 38.1 Å². The van der Waals surface area contributed by atoms with Crippen LogP contribution in [0.4, 0.5) is 5.69 Å². The molecule has 1 fully saturated rings. The Morgan fingerprint density at radius 2 is 2.50 bits per heavy atom. The maximum Gasteiger partial charge on any atom is 0.0674 e. The number of anilines is 1. The molecule has 1 atom stereocenters. The number of nitrogens with zero attached hydrogens (tertiary/aromatic N) is 2. The Bertz CT molecular complexity index is 343. The van der Waals surface area contributed by atoms with Gasteiger partial charge < -0.3 is 10.5 Å². The summed E-state index contributed by atoms with van der Waals surface area (Å²) in [7, 11) is 0. The first kappa shape index (κ1) is 11.4. The van der Waals surface area contributed by atoms with Crippen LogP contribution in [0.15, 0.2) is 18.3 Å². The average molecular weight is 221 g/mol. The molecule has 16 heavy (non-hydrogen) atoms. The van der Waals surface area contributed by atoms with Gasteiger partial charge in [-0.05, 0) is 25.5 Å². The first-order valence-corrected chi connectivity index (χ1v) is 5.78. The molecule has 1 saturated heterocycles. The van der Waals surface area contributed by atoms with Crippen molar-refractivity contribution >= 4 is 5.69 Å². The minimum Gasteiger partial charge on any atom is -0.399 e. The van der Waals surface area contributed by atoms with E-state index in [0.717, 1.165) is 44.0 Å². The maximum atomic E-state index is 5.74. The van der Waals surface area contributed by atoms with Gasteiger partial charge in [-0.2, -0.15) is 0 Å². The summed E-state index contributed by atoms with van der Waals surface area (Å²) in [6, 6.07) is 3.76. The molecule has 0 saturated carbocycles. The number of nitrogens with two attached hydrogens (primary N) is 1. The molecule has 4 heteroatoms. The van der Waals surface area contributed by atoms with Crippen LogP contribution >= 0.6 is 0 Å². The lowest BCUT2D eigenvalue weighted by Gasteiger charge is -2.21. The van der Waals surface area contributed by atoms with Crippen molar-refractivity contribution in [2.24, 2.45) is 0 Å². The Hall–Kier alpha value is -1.13. The Balaban J connectivity index is 1.97. The Kier molecular flexibility index (Phi) is 3.74. The van der Waals surface area contributed by atoms with E-state index in [1.54, 1.807) is 6.20 Å². The number of nitrogen functional groups attached to an aromatic ring is 1. The Morgan fingerprint density at radius 3 is 3.31 bits per heavy atom. The molecule has 0 amide bonds. The van der Waals surface area contributed by atoms with Crippen molar-refractivity contribution in [3.63, 3.8) is 0 Å². The Morgan fingerprint density at radius 1 is 1.62 bits per heavy atom. The van der Waals surface area contributed by atoms with Gasteiger partial charge in [-0.1, -0.05) is 0 Å². The summed E-state index contributed by atoms with van der Waals surface area (Å²) in [5, 5.41) is 0. The summed E-state index contributed by atoms with van der Waals surface area (Å²) < 4.78 is 5.61. The van der Waals surface area contributed by atoms with E-state index in [-0.39, 0.29) is 0 Å². The van der Waals surface area contributed by atoms with Gasteiger partial charge in [-0.15, -0.1) is 0 Å². The minimum absolute atomic E-state index is 0.309. The summed E-state index contributed by atoms with van der Waals surface area (Å²) >= 11 is 0. The van der Waals surface area contributed by atoms with Gasteiger partial charge in [0.1, 0.15) is 0 Å². The third kappa shape index (κ3) is 3.18. The van der Waals surface area contributed by atoms with Gasteiger partial charge in [0.15, 0.2) is 0 Å². The van der Waals surface area contributed by atoms with Crippen LogP contribution in [-0.4, -0.2) is 35.7 Å². The molecule has 2 heterocycles. The van der Waals surface area contributed by atoms with Crippen LogP contribution in [0.1, 0.15) is 19.0 Å². The summed E-state index contributed by atoms with van der Waals surface area (Å²) in [5.41, 5.74) is 7.56. The quantitative estimate of drug-likeness (QED) is 0.817. The molecule has 1 aromatic heterocycles. The SMILES string of the molecule is CC1CN(Cc2cc(N)ccn2)CCCO1. The number of ether oxygens (including phenoxy) is 1. The predicted molar refractivity (Wildman–Crippen MR) is 64.0 cm³/mol. The van der Waals surface area contributed by atoms with E-state index in [2.05, 4.69) is 16.8 Å². The van der Waals surface area contributed by atoms with Crippen molar-refractivity contribution in [3.8, 4) is 0 Å². The normalized spacial score (nSPS) is 22.9. The summed E-state index contributed by atoms with van der Waals surface area (Å²) in [5.74, 6) is 0. The smallest absolute Gasteiger partial charge is 0.0674 e. The molecule has 1 aromatic rings. The average Bonchev–Trinajstić information content (AvgIpc) is 2.43. The zero-order valence-corrected chi connectivity index (χ0v) is 9.72. The first-order valence-electron chi connectivity index (χ1n) is 5.78. The van der Waals surface area contributed by atoms with Crippen molar-refractivity contribution in [1.82, 2.24) is 9.88 Å². The summed E-state index contributed by atoms with van der Waals surface area (Å²) in [6.07, 6.45) is 3.17. The highest BCUT2D eigenvalue weighted by Crippen LogP contribution is 2.10. The molecule has 0 bridgehead atoms. The van der Waals surface area contributed by atoms with Crippen LogP contribution in [0.2, 0.25) is 0 Å². The van der Waals surface area contributed by atoms with Gasteiger partial charge in [-0.25, -0.2) is 0 Å². The van der Waals surface area contributed by atoms with Crippen molar-refractivity contribution in [1.29, 1.82) is 0 Å². The van der Waals surface area contributed by atoms with E-state index >= 15 is 0 Å². The largest absolute Gasteiger partial charge is 0.399 e. The molecule has 1 unspecified atom stereocenters. The van der Waals surface area contributed by atoms with Crippen molar-refractivity contribution < 1.29 is 4.74 Å². The molecular weight excluding hydrogens is 202 g/mol. The van der Waals surface area contributed by atoms with Crippen LogP contribution in [0, 0.1) is 0 Å². The zero-order valence-electron chi connectivity index (χ0n) is 9.72. The summed E-state index contributed by atoms with van der Waals surface area (Å²) in [6.45, 7) is 5.88. The van der Waals surface area contributed by atoms with Crippen LogP contribution in [0.25, 0.3) is 0 Å². The number of aromatic nitrogens is 1. The fourth-order valence-electron chi connectivity index (χ4n) is 2.04. The molecule has 88 valence electrons. The van der Waals surface area contributed by atoms with E-state index < -0.39 is 0 Å². The standard InChI is InChI=1S/C12H19N3O/c1-10-8-15(5-2-6-16-10)9-12-7-11(13)3-4-14-12/h3-4,7,10H,2,5-6,8-9H2,1H3,(H2,13,14). The van der Waals surface area contributed by atoms with Gasteiger partial charge in [0.05, 0.1) is 11.8 Å². The van der Waals surface area contributed by atoms with E-state index in [1.165, 1.54) is 0 Å². The highest BCUT2D eigenvalue weighted by molar-refractivity contribution is 5.37. The van der Waals surface area contributed by atoms with E-state index in [0.29, 0.717) is 6.10 Å². The first-order chi connectivity index (χ1) is 7.74. The highest BCUT2D eigenvalue weighted by Gasteiger charge is 2.15. The topological polar surface area (TPSA) is 51.4 Å². The van der Waals surface area contributed by atoms with Crippen LogP contribution in [0.3, 0.4) is 0 Å². The molecule has 2 N–H and O–H groups in total. The predicted octanol–water partition coefficient (Wildman–Crippen LogP) is 1.27. The number of rotatable bonds is 2. The number of hydrogen-bond donors (Lipinski definition) is 1. The molecule has 1 aliphatic rings. The number of pyridine rings is 1. The minimum atomic E-state index is 0.309. The van der Waals surface area contributed by atoms with Gasteiger partial charge >= 0.3 is 0 Å². The lowest BCUT2D eigenvalue weighted by molar-refractivity contribution is 0.0666. The fraction of sp³-hybridized carbons (Fsp3) is 0.583. The third-order valence-corrected chi connectivity index (χ3v) is 2.76. The molecular formula is C12H19N3O. The van der Waals surface area contributed by atoms with E-state index in [9.17, 15) is 0 Å². The van der Waals surface area contributed by atoms with E-state index in [4.69, 9.17) is 10.5 Å². The molecule has 4 nitrogen and oxygen atoms in total. The second-order valence-electron chi connectivity index (χ2n) is 4.35. The molecule has 1 aliphatic heterocycles. The molecule has 0 aromatic carbocycles.